The molecule has 0 amide bonds. The molecule has 0 bridgehead atoms. The number of nitrogens with zero attached hydrogens (tertiary/aromatic N) is 2. The third-order valence-corrected chi connectivity index (χ3v) is 3.93. The van der Waals surface area contributed by atoms with Crippen molar-refractivity contribution >= 4 is 0 Å². The molecule has 4 heteroatoms. The molecule has 1 aliphatic rings. The van der Waals surface area contributed by atoms with Gasteiger partial charge in [0.05, 0.1) is 30.9 Å². The topological polar surface area (TPSA) is 53.1 Å². The standard InChI is InChI=1S/C16H21N3O/c17-16(14-6-2-1-3-7-14)15-9-18-12-19(15)10-13-5-4-8-20-11-13/h1-3,6-7,9,12-13,16H,4-5,8,10-11,17H2. The zero-order valence-corrected chi connectivity index (χ0v) is 11.6. The zero-order valence-electron chi connectivity index (χ0n) is 11.6. The first-order chi connectivity index (χ1) is 9.84. The monoisotopic (exact) mass is 271 g/mol. The molecule has 1 fully saturated rings. The van der Waals surface area contributed by atoms with Gasteiger partial charge in [0.2, 0.25) is 0 Å². The van der Waals surface area contributed by atoms with E-state index in [9.17, 15) is 0 Å². The maximum absolute atomic E-state index is 6.37. The van der Waals surface area contributed by atoms with Crippen LogP contribution in [-0.4, -0.2) is 22.8 Å². The minimum absolute atomic E-state index is 0.122. The highest BCUT2D eigenvalue weighted by atomic mass is 16.5. The van der Waals surface area contributed by atoms with Crippen LogP contribution >= 0.6 is 0 Å². The van der Waals surface area contributed by atoms with Gasteiger partial charge in [0, 0.05) is 19.1 Å². The number of rotatable bonds is 4. The van der Waals surface area contributed by atoms with Gasteiger partial charge in [-0.1, -0.05) is 30.3 Å². The maximum Gasteiger partial charge on any atom is 0.0948 e. The lowest BCUT2D eigenvalue weighted by Crippen LogP contribution is -2.24. The minimum Gasteiger partial charge on any atom is -0.381 e. The summed E-state index contributed by atoms with van der Waals surface area (Å²) in [6.07, 6.45) is 6.13. The number of hydrogen-bond acceptors (Lipinski definition) is 3. The number of nitrogens with two attached hydrogens (primary N) is 1. The second kappa shape index (κ2) is 6.20. The van der Waals surface area contributed by atoms with Crippen LogP contribution in [0.2, 0.25) is 0 Å². The lowest BCUT2D eigenvalue weighted by molar-refractivity contribution is 0.0480. The zero-order chi connectivity index (χ0) is 13.8. The highest BCUT2D eigenvalue weighted by Crippen LogP contribution is 2.22. The fourth-order valence-corrected chi connectivity index (χ4v) is 2.80. The average Bonchev–Trinajstić information content (AvgIpc) is 2.96. The van der Waals surface area contributed by atoms with Crippen LogP contribution in [0.3, 0.4) is 0 Å². The van der Waals surface area contributed by atoms with Crippen LogP contribution in [0, 0.1) is 5.92 Å². The molecular formula is C16H21N3O. The smallest absolute Gasteiger partial charge is 0.0948 e. The highest BCUT2D eigenvalue weighted by Gasteiger charge is 2.18. The number of ether oxygens (including phenoxy) is 1. The largest absolute Gasteiger partial charge is 0.381 e. The first-order valence-electron chi connectivity index (χ1n) is 7.23. The lowest BCUT2D eigenvalue weighted by atomic mass is 10.0. The summed E-state index contributed by atoms with van der Waals surface area (Å²) in [6.45, 7) is 2.69. The summed E-state index contributed by atoms with van der Waals surface area (Å²) >= 11 is 0. The Morgan fingerprint density at radius 3 is 2.95 bits per heavy atom. The van der Waals surface area contributed by atoms with Gasteiger partial charge >= 0.3 is 0 Å². The van der Waals surface area contributed by atoms with E-state index in [0.29, 0.717) is 5.92 Å². The Labute approximate surface area is 119 Å². The molecule has 106 valence electrons. The van der Waals surface area contributed by atoms with Gasteiger partial charge in [-0.15, -0.1) is 0 Å². The molecule has 0 saturated carbocycles. The Kier molecular flexibility index (Phi) is 4.14. The summed E-state index contributed by atoms with van der Waals surface area (Å²) in [5, 5.41) is 0. The fraction of sp³-hybridized carbons (Fsp3) is 0.438. The Morgan fingerprint density at radius 1 is 1.35 bits per heavy atom. The summed E-state index contributed by atoms with van der Waals surface area (Å²) in [6, 6.07) is 10.0. The van der Waals surface area contributed by atoms with Gasteiger partial charge in [-0.3, -0.25) is 0 Å². The average molecular weight is 271 g/mol. The second-order valence-corrected chi connectivity index (χ2v) is 5.44. The molecule has 0 aliphatic carbocycles. The Balaban J connectivity index is 1.75. The minimum atomic E-state index is -0.122. The van der Waals surface area contributed by atoms with Crippen molar-refractivity contribution in [1.29, 1.82) is 0 Å². The highest BCUT2D eigenvalue weighted by molar-refractivity contribution is 5.26. The normalized spacial score (nSPS) is 20.8. The van der Waals surface area contributed by atoms with Crippen LogP contribution in [0.5, 0.6) is 0 Å². The first-order valence-corrected chi connectivity index (χ1v) is 7.23. The van der Waals surface area contributed by atoms with Crippen molar-refractivity contribution in [2.75, 3.05) is 13.2 Å². The second-order valence-electron chi connectivity index (χ2n) is 5.44. The van der Waals surface area contributed by atoms with E-state index in [-0.39, 0.29) is 6.04 Å². The van der Waals surface area contributed by atoms with Gasteiger partial charge < -0.3 is 15.0 Å². The summed E-state index contributed by atoms with van der Waals surface area (Å²) in [5.41, 5.74) is 8.57. The fourth-order valence-electron chi connectivity index (χ4n) is 2.80. The van der Waals surface area contributed by atoms with Crippen molar-refractivity contribution in [3.63, 3.8) is 0 Å². The summed E-state index contributed by atoms with van der Waals surface area (Å²) in [5.74, 6) is 0.569. The van der Waals surface area contributed by atoms with E-state index in [1.807, 2.05) is 30.7 Å². The van der Waals surface area contributed by atoms with Crippen LogP contribution in [0.1, 0.15) is 30.1 Å². The molecule has 1 aromatic carbocycles. The Morgan fingerprint density at radius 2 is 2.20 bits per heavy atom. The molecule has 1 saturated heterocycles. The molecule has 2 N–H and O–H groups in total. The molecule has 3 rings (SSSR count). The van der Waals surface area contributed by atoms with Gasteiger partial charge in [0.15, 0.2) is 0 Å². The molecule has 0 radical (unpaired) electrons. The van der Waals surface area contributed by atoms with E-state index >= 15 is 0 Å². The molecule has 4 nitrogen and oxygen atoms in total. The first kappa shape index (κ1) is 13.3. The van der Waals surface area contributed by atoms with Gasteiger partial charge in [0.25, 0.3) is 0 Å². The van der Waals surface area contributed by atoms with Crippen LogP contribution in [-0.2, 0) is 11.3 Å². The summed E-state index contributed by atoms with van der Waals surface area (Å²) in [4.78, 5) is 4.28. The van der Waals surface area contributed by atoms with E-state index in [4.69, 9.17) is 10.5 Å². The molecule has 20 heavy (non-hydrogen) atoms. The molecule has 2 aromatic rings. The number of aromatic nitrogens is 2. The van der Waals surface area contributed by atoms with Crippen LogP contribution in [0.15, 0.2) is 42.9 Å². The molecule has 2 atom stereocenters. The van der Waals surface area contributed by atoms with E-state index in [1.165, 1.54) is 6.42 Å². The van der Waals surface area contributed by atoms with Crippen molar-refractivity contribution in [3.05, 3.63) is 54.1 Å². The van der Waals surface area contributed by atoms with Crippen LogP contribution in [0.4, 0.5) is 0 Å². The van der Waals surface area contributed by atoms with Gasteiger partial charge in [-0.2, -0.15) is 0 Å². The number of imidazole rings is 1. The van der Waals surface area contributed by atoms with E-state index in [2.05, 4.69) is 21.7 Å². The molecular weight excluding hydrogens is 250 g/mol. The summed E-state index contributed by atoms with van der Waals surface area (Å²) < 4.78 is 7.73. The lowest BCUT2D eigenvalue weighted by Gasteiger charge is -2.24. The SMILES string of the molecule is NC(c1ccccc1)c1cncn1CC1CCCOC1. The number of hydrogen-bond donors (Lipinski definition) is 1. The van der Waals surface area contributed by atoms with E-state index in [1.54, 1.807) is 0 Å². The van der Waals surface area contributed by atoms with Crippen LogP contribution < -0.4 is 5.73 Å². The quantitative estimate of drug-likeness (QED) is 0.928. The van der Waals surface area contributed by atoms with E-state index < -0.39 is 0 Å². The predicted octanol–water partition coefficient (Wildman–Crippen LogP) is 2.36. The van der Waals surface area contributed by atoms with Crippen molar-refractivity contribution in [2.24, 2.45) is 11.7 Å². The summed E-state index contributed by atoms with van der Waals surface area (Å²) in [7, 11) is 0. The van der Waals surface area contributed by atoms with Gasteiger partial charge in [-0.25, -0.2) is 4.98 Å². The third kappa shape index (κ3) is 2.92. The molecule has 2 heterocycles. The maximum atomic E-state index is 6.37. The molecule has 1 aromatic heterocycles. The molecule has 1 aliphatic heterocycles. The Bertz CT molecular complexity index is 532. The van der Waals surface area contributed by atoms with Gasteiger partial charge in [-0.05, 0) is 18.4 Å². The molecule has 0 spiro atoms. The van der Waals surface area contributed by atoms with Crippen molar-refractivity contribution in [2.45, 2.75) is 25.4 Å². The third-order valence-electron chi connectivity index (χ3n) is 3.93. The van der Waals surface area contributed by atoms with Crippen molar-refractivity contribution in [3.8, 4) is 0 Å². The van der Waals surface area contributed by atoms with Crippen molar-refractivity contribution in [1.82, 2.24) is 9.55 Å². The van der Waals surface area contributed by atoms with E-state index in [0.717, 1.165) is 37.4 Å². The van der Waals surface area contributed by atoms with Crippen LogP contribution in [0.25, 0.3) is 0 Å². The van der Waals surface area contributed by atoms with Crippen molar-refractivity contribution < 1.29 is 4.74 Å². The Hall–Kier alpha value is -1.65. The van der Waals surface area contributed by atoms with Gasteiger partial charge in [0.1, 0.15) is 0 Å². The number of benzene rings is 1. The predicted molar refractivity (Wildman–Crippen MR) is 78.2 cm³/mol. The molecule has 2 unspecified atom stereocenters.